The van der Waals surface area contributed by atoms with Crippen LogP contribution in [0.3, 0.4) is 0 Å². The van der Waals surface area contributed by atoms with Crippen LogP contribution in [0.25, 0.3) is 0 Å². The maximum atomic E-state index is 11.8. The summed E-state index contributed by atoms with van der Waals surface area (Å²) in [5.41, 5.74) is 0. The van der Waals surface area contributed by atoms with Gasteiger partial charge in [-0.25, -0.2) is 0 Å². The van der Waals surface area contributed by atoms with Crippen LogP contribution in [0.15, 0.2) is 0 Å². The molecular weight excluding hydrogens is 160 g/mol. The fourth-order valence-corrected chi connectivity index (χ4v) is 2.41. The molecule has 0 aromatic carbocycles. The predicted molar refractivity (Wildman–Crippen MR) is 55.6 cm³/mol. The lowest BCUT2D eigenvalue weighted by molar-refractivity contribution is -0.125. The topological polar surface area (TPSA) is 17.1 Å². The first-order chi connectivity index (χ1) is 6.15. The molecule has 0 bridgehead atoms. The minimum absolute atomic E-state index is 0.378. The van der Waals surface area contributed by atoms with Crippen LogP contribution in [0, 0.1) is 17.8 Å². The van der Waals surface area contributed by atoms with Crippen LogP contribution in [-0.4, -0.2) is 5.78 Å². The molecule has 1 aliphatic carbocycles. The molecule has 0 N–H and O–H groups in total. The van der Waals surface area contributed by atoms with Gasteiger partial charge >= 0.3 is 0 Å². The zero-order chi connectivity index (χ0) is 9.84. The van der Waals surface area contributed by atoms with Crippen molar-refractivity contribution in [3.8, 4) is 0 Å². The summed E-state index contributed by atoms with van der Waals surface area (Å²) in [6, 6.07) is 0. The normalized spacial score (nSPS) is 34.5. The van der Waals surface area contributed by atoms with E-state index < -0.39 is 0 Å². The van der Waals surface area contributed by atoms with Gasteiger partial charge in [0.2, 0.25) is 0 Å². The van der Waals surface area contributed by atoms with E-state index in [9.17, 15) is 4.79 Å². The molecule has 0 radical (unpaired) electrons. The Morgan fingerprint density at radius 2 is 2.00 bits per heavy atom. The van der Waals surface area contributed by atoms with Gasteiger partial charge in [0.1, 0.15) is 5.78 Å². The third kappa shape index (κ3) is 2.82. The van der Waals surface area contributed by atoms with Crippen molar-refractivity contribution in [1.29, 1.82) is 0 Å². The van der Waals surface area contributed by atoms with Crippen molar-refractivity contribution in [3.05, 3.63) is 0 Å². The lowest BCUT2D eigenvalue weighted by Gasteiger charge is -2.31. The Hall–Kier alpha value is -0.330. The third-order valence-electron chi connectivity index (χ3n) is 3.37. The van der Waals surface area contributed by atoms with Crippen LogP contribution in [0.1, 0.15) is 52.9 Å². The van der Waals surface area contributed by atoms with Crippen LogP contribution in [0.2, 0.25) is 0 Å². The van der Waals surface area contributed by atoms with Crippen molar-refractivity contribution in [3.63, 3.8) is 0 Å². The van der Waals surface area contributed by atoms with Crippen LogP contribution < -0.4 is 0 Å². The molecule has 1 saturated carbocycles. The SMILES string of the molecule is CCCC(=O)C1CC(C)CCC1C. The first kappa shape index (κ1) is 10.7. The minimum Gasteiger partial charge on any atom is -0.299 e. The summed E-state index contributed by atoms with van der Waals surface area (Å²) in [6.07, 6.45) is 5.51. The molecular formula is C12H22O. The molecule has 3 atom stereocenters. The van der Waals surface area contributed by atoms with Gasteiger partial charge in [0, 0.05) is 12.3 Å². The van der Waals surface area contributed by atoms with Crippen molar-refractivity contribution in [1.82, 2.24) is 0 Å². The smallest absolute Gasteiger partial charge is 0.136 e. The van der Waals surface area contributed by atoms with E-state index in [4.69, 9.17) is 0 Å². The molecule has 1 fully saturated rings. The highest BCUT2D eigenvalue weighted by Gasteiger charge is 2.29. The first-order valence-electron chi connectivity index (χ1n) is 5.67. The second-order valence-electron chi connectivity index (χ2n) is 4.72. The Morgan fingerprint density at radius 3 is 2.62 bits per heavy atom. The molecule has 0 amide bonds. The van der Waals surface area contributed by atoms with Gasteiger partial charge in [0.25, 0.3) is 0 Å². The molecule has 0 aliphatic heterocycles. The second kappa shape index (κ2) is 4.78. The molecule has 1 rings (SSSR count). The summed E-state index contributed by atoms with van der Waals surface area (Å²) in [5.74, 6) is 2.29. The van der Waals surface area contributed by atoms with Gasteiger partial charge in [-0.15, -0.1) is 0 Å². The number of hydrogen-bond acceptors (Lipinski definition) is 1. The maximum absolute atomic E-state index is 11.8. The average molecular weight is 182 g/mol. The van der Waals surface area contributed by atoms with Gasteiger partial charge in [-0.3, -0.25) is 4.79 Å². The van der Waals surface area contributed by atoms with E-state index in [0.29, 0.717) is 17.6 Å². The molecule has 1 heteroatoms. The Balaban J connectivity index is 2.50. The maximum Gasteiger partial charge on any atom is 0.136 e. The van der Waals surface area contributed by atoms with Crippen LogP contribution in [0.4, 0.5) is 0 Å². The molecule has 0 spiro atoms. The molecule has 3 unspecified atom stereocenters. The molecule has 0 heterocycles. The van der Waals surface area contributed by atoms with Crippen molar-refractivity contribution < 1.29 is 4.79 Å². The van der Waals surface area contributed by atoms with Gasteiger partial charge in [0.15, 0.2) is 0 Å². The van der Waals surface area contributed by atoms with Crippen molar-refractivity contribution in [2.75, 3.05) is 0 Å². The molecule has 0 saturated heterocycles. The third-order valence-corrected chi connectivity index (χ3v) is 3.37. The zero-order valence-electron chi connectivity index (χ0n) is 9.18. The Labute approximate surface area is 81.9 Å². The number of rotatable bonds is 3. The largest absolute Gasteiger partial charge is 0.299 e. The molecule has 1 nitrogen and oxygen atoms in total. The highest BCUT2D eigenvalue weighted by atomic mass is 16.1. The van der Waals surface area contributed by atoms with E-state index in [2.05, 4.69) is 20.8 Å². The van der Waals surface area contributed by atoms with Crippen molar-refractivity contribution in [2.24, 2.45) is 17.8 Å². The van der Waals surface area contributed by atoms with Gasteiger partial charge in [-0.1, -0.05) is 27.2 Å². The number of carbonyl (C=O) groups is 1. The summed E-state index contributed by atoms with van der Waals surface area (Å²) in [5, 5.41) is 0. The monoisotopic (exact) mass is 182 g/mol. The summed E-state index contributed by atoms with van der Waals surface area (Å²) in [4.78, 5) is 11.8. The molecule has 0 aromatic heterocycles. The molecule has 13 heavy (non-hydrogen) atoms. The number of carbonyl (C=O) groups excluding carboxylic acids is 1. The Bertz CT molecular complexity index is 174. The van der Waals surface area contributed by atoms with Crippen molar-refractivity contribution in [2.45, 2.75) is 52.9 Å². The fourth-order valence-electron chi connectivity index (χ4n) is 2.41. The predicted octanol–water partition coefficient (Wildman–Crippen LogP) is 3.43. The molecule has 76 valence electrons. The van der Waals surface area contributed by atoms with E-state index in [1.807, 2.05) is 0 Å². The summed E-state index contributed by atoms with van der Waals surface area (Å²) in [7, 11) is 0. The van der Waals surface area contributed by atoms with Gasteiger partial charge in [0.05, 0.1) is 0 Å². The first-order valence-corrected chi connectivity index (χ1v) is 5.67. The standard InChI is InChI=1S/C12H22O/c1-4-5-12(13)11-8-9(2)6-7-10(11)3/h9-11H,4-8H2,1-3H3. The van der Waals surface area contributed by atoms with Crippen LogP contribution in [0.5, 0.6) is 0 Å². The van der Waals surface area contributed by atoms with Gasteiger partial charge < -0.3 is 0 Å². The minimum atomic E-state index is 0.378. The molecule has 0 aromatic rings. The fraction of sp³-hybridized carbons (Fsp3) is 0.917. The van der Waals surface area contributed by atoms with E-state index in [-0.39, 0.29) is 0 Å². The number of Topliss-reactive ketones (excluding diaryl/α,β-unsaturated/α-hetero) is 1. The van der Waals surface area contributed by atoms with E-state index >= 15 is 0 Å². The van der Waals surface area contributed by atoms with Crippen molar-refractivity contribution >= 4 is 5.78 Å². The summed E-state index contributed by atoms with van der Waals surface area (Å²) < 4.78 is 0. The summed E-state index contributed by atoms with van der Waals surface area (Å²) in [6.45, 7) is 6.61. The van der Waals surface area contributed by atoms with Gasteiger partial charge in [-0.2, -0.15) is 0 Å². The zero-order valence-corrected chi connectivity index (χ0v) is 9.18. The van der Waals surface area contributed by atoms with E-state index in [1.165, 1.54) is 12.8 Å². The van der Waals surface area contributed by atoms with Gasteiger partial charge in [-0.05, 0) is 31.1 Å². The molecule has 1 aliphatic rings. The number of ketones is 1. The number of hydrogen-bond donors (Lipinski definition) is 0. The summed E-state index contributed by atoms with van der Waals surface area (Å²) >= 11 is 0. The highest BCUT2D eigenvalue weighted by molar-refractivity contribution is 5.81. The lowest BCUT2D eigenvalue weighted by atomic mass is 9.73. The van der Waals surface area contributed by atoms with Crippen LogP contribution >= 0.6 is 0 Å². The average Bonchev–Trinajstić information content (AvgIpc) is 2.09. The van der Waals surface area contributed by atoms with E-state index in [0.717, 1.165) is 25.2 Å². The second-order valence-corrected chi connectivity index (χ2v) is 4.72. The Kier molecular flexibility index (Phi) is 3.95. The quantitative estimate of drug-likeness (QED) is 0.653. The highest BCUT2D eigenvalue weighted by Crippen LogP contribution is 2.34. The lowest BCUT2D eigenvalue weighted by Crippen LogP contribution is -2.28. The van der Waals surface area contributed by atoms with E-state index in [1.54, 1.807) is 0 Å². The van der Waals surface area contributed by atoms with Crippen LogP contribution in [-0.2, 0) is 4.79 Å². The Morgan fingerprint density at radius 1 is 1.31 bits per heavy atom.